The van der Waals surface area contributed by atoms with Crippen molar-refractivity contribution < 1.29 is 4.74 Å². The molecule has 1 aliphatic heterocycles. The third kappa shape index (κ3) is 2.25. The van der Waals surface area contributed by atoms with E-state index in [1.807, 2.05) is 0 Å². The molecular formula is C13H16BrNO. The number of hydrogen-bond donors (Lipinski definition) is 1. The molecule has 1 aromatic rings. The van der Waals surface area contributed by atoms with E-state index in [2.05, 4.69) is 33.4 Å². The lowest BCUT2D eigenvalue weighted by molar-refractivity contribution is 0.352. The maximum atomic E-state index is 5.70. The Balaban J connectivity index is 1.71. The maximum absolute atomic E-state index is 5.70. The molecule has 1 saturated carbocycles. The Kier molecular flexibility index (Phi) is 2.90. The quantitative estimate of drug-likeness (QED) is 0.917. The number of hydrogen-bond acceptors (Lipinski definition) is 2. The summed E-state index contributed by atoms with van der Waals surface area (Å²) in [5.74, 6) is 2.05. The number of benzene rings is 1. The summed E-state index contributed by atoms with van der Waals surface area (Å²) in [7, 11) is 0. The molecule has 0 bridgehead atoms. The minimum absolute atomic E-state index is 0.835. The van der Waals surface area contributed by atoms with E-state index in [-0.39, 0.29) is 0 Å². The van der Waals surface area contributed by atoms with Gasteiger partial charge in [-0.3, -0.25) is 0 Å². The third-order valence-electron chi connectivity index (χ3n) is 3.27. The highest BCUT2D eigenvalue weighted by Crippen LogP contribution is 2.33. The van der Waals surface area contributed by atoms with Gasteiger partial charge in [-0.15, -0.1) is 0 Å². The normalized spacial score (nSPS) is 18.3. The summed E-state index contributed by atoms with van der Waals surface area (Å²) in [6.07, 6.45) is 3.85. The number of halogens is 1. The smallest absolute Gasteiger partial charge is 0.127 e. The van der Waals surface area contributed by atoms with Gasteiger partial charge < -0.3 is 10.1 Å². The molecule has 0 unspecified atom stereocenters. The lowest BCUT2D eigenvalue weighted by atomic mass is 10.1. The molecule has 1 aromatic carbocycles. The first-order chi connectivity index (χ1) is 7.83. The molecule has 0 spiro atoms. The van der Waals surface area contributed by atoms with Crippen LogP contribution >= 0.6 is 15.9 Å². The summed E-state index contributed by atoms with van der Waals surface area (Å²) in [6, 6.07) is 4.34. The van der Waals surface area contributed by atoms with E-state index in [4.69, 9.17) is 4.74 Å². The second-order valence-electron chi connectivity index (χ2n) is 4.73. The van der Waals surface area contributed by atoms with Gasteiger partial charge in [0, 0.05) is 23.0 Å². The fourth-order valence-corrected chi connectivity index (χ4v) is 2.76. The highest BCUT2D eigenvalue weighted by molar-refractivity contribution is 9.10. The van der Waals surface area contributed by atoms with E-state index in [0.29, 0.717) is 0 Å². The van der Waals surface area contributed by atoms with E-state index in [9.17, 15) is 0 Å². The van der Waals surface area contributed by atoms with E-state index in [1.54, 1.807) is 0 Å². The number of ether oxygens (including phenoxy) is 1. The Labute approximate surface area is 105 Å². The summed E-state index contributed by atoms with van der Waals surface area (Å²) in [4.78, 5) is 0. The second kappa shape index (κ2) is 4.38. The molecule has 1 heterocycles. The highest BCUT2D eigenvalue weighted by atomic mass is 79.9. The van der Waals surface area contributed by atoms with Gasteiger partial charge in [-0.25, -0.2) is 0 Å². The van der Waals surface area contributed by atoms with Crippen molar-refractivity contribution in [2.45, 2.75) is 25.8 Å². The van der Waals surface area contributed by atoms with Gasteiger partial charge in [0.1, 0.15) is 5.75 Å². The molecule has 2 aliphatic rings. The van der Waals surface area contributed by atoms with Crippen molar-refractivity contribution in [2.24, 2.45) is 5.92 Å². The zero-order chi connectivity index (χ0) is 11.0. The Morgan fingerprint density at radius 3 is 3.06 bits per heavy atom. The van der Waals surface area contributed by atoms with Gasteiger partial charge in [0.05, 0.1) is 6.61 Å². The second-order valence-corrected chi connectivity index (χ2v) is 5.64. The molecule has 1 fully saturated rings. The predicted molar refractivity (Wildman–Crippen MR) is 67.8 cm³/mol. The average Bonchev–Trinajstić information content (AvgIpc) is 2.95. The van der Waals surface area contributed by atoms with Crippen LogP contribution < -0.4 is 10.1 Å². The molecule has 0 aromatic heterocycles. The Morgan fingerprint density at radius 1 is 1.38 bits per heavy atom. The fourth-order valence-electron chi connectivity index (χ4n) is 2.21. The van der Waals surface area contributed by atoms with Crippen molar-refractivity contribution in [3.63, 3.8) is 0 Å². The molecule has 0 atom stereocenters. The lowest BCUT2D eigenvalue weighted by Crippen LogP contribution is -2.16. The van der Waals surface area contributed by atoms with Crippen LogP contribution in [0, 0.1) is 5.92 Å². The van der Waals surface area contributed by atoms with Crippen molar-refractivity contribution in [3.8, 4) is 5.75 Å². The van der Waals surface area contributed by atoms with Crippen LogP contribution in [0.4, 0.5) is 0 Å². The van der Waals surface area contributed by atoms with Crippen molar-refractivity contribution in [2.75, 3.05) is 13.2 Å². The molecule has 1 aliphatic carbocycles. The molecular weight excluding hydrogens is 266 g/mol. The molecule has 1 N–H and O–H groups in total. The van der Waals surface area contributed by atoms with Crippen LogP contribution in [-0.2, 0) is 13.0 Å². The van der Waals surface area contributed by atoms with Gasteiger partial charge >= 0.3 is 0 Å². The molecule has 16 heavy (non-hydrogen) atoms. The van der Waals surface area contributed by atoms with Gasteiger partial charge in [0.25, 0.3) is 0 Å². The van der Waals surface area contributed by atoms with E-state index < -0.39 is 0 Å². The minimum atomic E-state index is 0.835. The Hall–Kier alpha value is -0.540. The SMILES string of the molecule is Brc1cc2c(c(CNCC3CC3)c1)OCC2. The summed E-state index contributed by atoms with van der Waals surface area (Å²) in [5, 5.41) is 3.52. The molecule has 2 nitrogen and oxygen atoms in total. The van der Waals surface area contributed by atoms with Crippen LogP contribution in [0.1, 0.15) is 24.0 Å². The maximum Gasteiger partial charge on any atom is 0.127 e. The van der Waals surface area contributed by atoms with Crippen molar-refractivity contribution in [1.82, 2.24) is 5.32 Å². The number of fused-ring (bicyclic) bond motifs is 1. The van der Waals surface area contributed by atoms with Crippen LogP contribution in [-0.4, -0.2) is 13.2 Å². The molecule has 0 saturated heterocycles. The number of rotatable bonds is 4. The van der Waals surface area contributed by atoms with Crippen molar-refractivity contribution >= 4 is 15.9 Å². The first-order valence-electron chi connectivity index (χ1n) is 5.98. The monoisotopic (exact) mass is 281 g/mol. The van der Waals surface area contributed by atoms with Gasteiger partial charge in [-0.1, -0.05) is 15.9 Å². The van der Waals surface area contributed by atoms with Crippen LogP contribution in [0.2, 0.25) is 0 Å². The zero-order valence-corrected chi connectivity index (χ0v) is 10.8. The minimum Gasteiger partial charge on any atom is -0.493 e. The first kappa shape index (κ1) is 10.6. The van der Waals surface area contributed by atoms with Gasteiger partial charge in [0.2, 0.25) is 0 Å². The van der Waals surface area contributed by atoms with Gasteiger partial charge in [-0.2, -0.15) is 0 Å². The molecule has 0 radical (unpaired) electrons. The van der Waals surface area contributed by atoms with Crippen LogP contribution in [0.5, 0.6) is 5.75 Å². The zero-order valence-electron chi connectivity index (χ0n) is 9.26. The number of nitrogens with one attached hydrogen (secondary N) is 1. The van der Waals surface area contributed by atoms with Crippen LogP contribution in [0.15, 0.2) is 16.6 Å². The third-order valence-corrected chi connectivity index (χ3v) is 3.73. The molecule has 3 rings (SSSR count). The molecule has 0 amide bonds. The Bertz CT molecular complexity index is 401. The molecule has 86 valence electrons. The van der Waals surface area contributed by atoms with Crippen LogP contribution in [0.3, 0.4) is 0 Å². The summed E-state index contributed by atoms with van der Waals surface area (Å²) < 4.78 is 6.86. The highest BCUT2D eigenvalue weighted by Gasteiger charge is 2.21. The lowest BCUT2D eigenvalue weighted by Gasteiger charge is -2.10. The fraction of sp³-hybridized carbons (Fsp3) is 0.538. The largest absolute Gasteiger partial charge is 0.493 e. The summed E-state index contributed by atoms with van der Waals surface area (Å²) in [5.41, 5.74) is 2.64. The standard InChI is InChI=1S/C13H16BrNO/c14-12-5-10-3-4-16-13(10)11(6-12)8-15-7-9-1-2-9/h5-6,9,15H,1-4,7-8H2. The van der Waals surface area contributed by atoms with E-state index >= 15 is 0 Å². The Morgan fingerprint density at radius 2 is 2.25 bits per heavy atom. The van der Waals surface area contributed by atoms with Crippen molar-refractivity contribution in [1.29, 1.82) is 0 Å². The average molecular weight is 282 g/mol. The predicted octanol–water partition coefficient (Wildman–Crippen LogP) is 2.88. The van der Waals surface area contributed by atoms with Crippen molar-refractivity contribution in [3.05, 3.63) is 27.7 Å². The molecule has 3 heteroatoms. The topological polar surface area (TPSA) is 21.3 Å². The summed E-state index contributed by atoms with van der Waals surface area (Å²) >= 11 is 3.57. The first-order valence-corrected chi connectivity index (χ1v) is 6.77. The van der Waals surface area contributed by atoms with Crippen LogP contribution in [0.25, 0.3) is 0 Å². The van der Waals surface area contributed by atoms with Gasteiger partial charge in [-0.05, 0) is 43.0 Å². The van der Waals surface area contributed by atoms with Gasteiger partial charge in [0.15, 0.2) is 0 Å². The summed E-state index contributed by atoms with van der Waals surface area (Å²) in [6.45, 7) is 2.92. The van der Waals surface area contributed by atoms with E-state index in [1.165, 1.54) is 28.4 Å². The van der Waals surface area contributed by atoms with E-state index in [0.717, 1.165) is 37.8 Å².